The van der Waals surface area contributed by atoms with E-state index in [2.05, 4.69) is 0 Å². The molecule has 0 N–H and O–H groups in total. The Morgan fingerprint density at radius 3 is 2.29 bits per heavy atom. The zero-order valence-electron chi connectivity index (χ0n) is 17.0. The first-order chi connectivity index (χ1) is 15.1. The van der Waals surface area contributed by atoms with Crippen LogP contribution in [-0.4, -0.2) is 20.1 Å². The summed E-state index contributed by atoms with van der Waals surface area (Å²) in [4.78, 5) is 28.6. The summed E-state index contributed by atoms with van der Waals surface area (Å²) < 4.78 is 16.8. The van der Waals surface area contributed by atoms with Crippen molar-refractivity contribution in [1.82, 2.24) is 0 Å². The molecule has 1 aliphatic heterocycles. The number of hydrogen-bond donors (Lipinski definition) is 0. The highest BCUT2D eigenvalue weighted by Crippen LogP contribution is 2.43. The highest BCUT2D eigenvalue weighted by molar-refractivity contribution is 6.10. The number of anilines is 1. The van der Waals surface area contributed by atoms with E-state index in [4.69, 9.17) is 13.9 Å². The van der Waals surface area contributed by atoms with Crippen molar-refractivity contribution in [2.75, 3.05) is 19.1 Å². The van der Waals surface area contributed by atoms with Gasteiger partial charge in [0.15, 0.2) is 16.9 Å². The van der Waals surface area contributed by atoms with E-state index in [1.54, 1.807) is 55.5 Å². The number of para-hydroxylation sites is 2. The van der Waals surface area contributed by atoms with E-state index in [0.717, 1.165) is 5.56 Å². The fourth-order valence-corrected chi connectivity index (χ4v) is 4.11. The molecule has 6 nitrogen and oxygen atoms in total. The van der Waals surface area contributed by atoms with Gasteiger partial charge in [0.2, 0.25) is 5.76 Å². The molecule has 0 fully saturated rings. The number of carbonyl (C=O) groups excluding carboxylic acids is 1. The molecule has 0 bridgehead atoms. The van der Waals surface area contributed by atoms with Gasteiger partial charge in [-0.2, -0.15) is 0 Å². The first kappa shape index (κ1) is 18.9. The van der Waals surface area contributed by atoms with Gasteiger partial charge in [-0.3, -0.25) is 14.5 Å². The van der Waals surface area contributed by atoms with Gasteiger partial charge >= 0.3 is 0 Å². The molecule has 1 amide bonds. The van der Waals surface area contributed by atoms with Crippen LogP contribution >= 0.6 is 0 Å². The molecule has 0 aliphatic carbocycles. The van der Waals surface area contributed by atoms with Crippen molar-refractivity contribution in [3.05, 3.63) is 99.9 Å². The molecule has 154 valence electrons. The van der Waals surface area contributed by atoms with Crippen molar-refractivity contribution in [2.45, 2.75) is 6.04 Å². The van der Waals surface area contributed by atoms with Gasteiger partial charge in [-0.15, -0.1) is 0 Å². The summed E-state index contributed by atoms with van der Waals surface area (Å²) >= 11 is 0. The normalized spacial score (nSPS) is 15.2. The molecule has 1 unspecified atom stereocenters. The Morgan fingerprint density at radius 2 is 1.55 bits per heavy atom. The minimum atomic E-state index is -0.662. The number of rotatable bonds is 4. The van der Waals surface area contributed by atoms with Gasteiger partial charge in [0.25, 0.3) is 5.91 Å². The van der Waals surface area contributed by atoms with Gasteiger partial charge < -0.3 is 13.9 Å². The maximum absolute atomic E-state index is 13.5. The largest absolute Gasteiger partial charge is 0.493 e. The average molecular weight is 413 g/mol. The summed E-state index contributed by atoms with van der Waals surface area (Å²) in [5, 5.41) is 0.439. The van der Waals surface area contributed by atoms with Crippen LogP contribution in [0, 0.1) is 0 Å². The van der Waals surface area contributed by atoms with E-state index in [-0.39, 0.29) is 17.1 Å². The van der Waals surface area contributed by atoms with E-state index < -0.39 is 6.04 Å². The van der Waals surface area contributed by atoms with Gasteiger partial charge in [-0.25, -0.2) is 0 Å². The van der Waals surface area contributed by atoms with Crippen molar-refractivity contribution in [1.29, 1.82) is 0 Å². The summed E-state index contributed by atoms with van der Waals surface area (Å²) in [5.41, 5.74) is 1.88. The summed E-state index contributed by atoms with van der Waals surface area (Å²) in [6, 6.07) is 20.9. The third-order valence-electron chi connectivity index (χ3n) is 5.54. The zero-order chi connectivity index (χ0) is 21.5. The van der Waals surface area contributed by atoms with Crippen molar-refractivity contribution in [3.63, 3.8) is 0 Å². The maximum Gasteiger partial charge on any atom is 0.295 e. The average Bonchev–Trinajstić information content (AvgIpc) is 3.11. The van der Waals surface area contributed by atoms with Crippen molar-refractivity contribution in [2.24, 2.45) is 0 Å². The van der Waals surface area contributed by atoms with Crippen LogP contribution in [0.25, 0.3) is 11.0 Å². The molecule has 1 aromatic heterocycles. The van der Waals surface area contributed by atoms with E-state index in [0.29, 0.717) is 33.7 Å². The highest BCUT2D eigenvalue weighted by Gasteiger charge is 2.43. The fourth-order valence-electron chi connectivity index (χ4n) is 4.11. The maximum atomic E-state index is 13.5. The molecule has 0 saturated carbocycles. The number of carbonyl (C=O) groups is 1. The first-order valence-electron chi connectivity index (χ1n) is 9.80. The third-order valence-corrected chi connectivity index (χ3v) is 5.54. The molecule has 0 saturated heterocycles. The quantitative estimate of drug-likeness (QED) is 0.491. The van der Waals surface area contributed by atoms with Crippen LogP contribution in [0.3, 0.4) is 0 Å². The van der Waals surface area contributed by atoms with Gasteiger partial charge in [-0.05, 0) is 42.0 Å². The Balaban J connectivity index is 1.81. The minimum Gasteiger partial charge on any atom is -0.493 e. The molecule has 6 heteroatoms. The first-order valence-corrected chi connectivity index (χ1v) is 9.80. The Bertz CT molecular complexity index is 1360. The molecule has 1 atom stereocenters. The predicted molar refractivity (Wildman–Crippen MR) is 117 cm³/mol. The molecule has 0 radical (unpaired) electrons. The summed E-state index contributed by atoms with van der Waals surface area (Å²) in [7, 11) is 3.11. The Morgan fingerprint density at radius 1 is 0.839 bits per heavy atom. The lowest BCUT2D eigenvalue weighted by Gasteiger charge is -2.25. The number of fused-ring (bicyclic) bond motifs is 2. The number of nitrogens with zero attached hydrogens (tertiary/aromatic N) is 1. The monoisotopic (exact) mass is 413 g/mol. The molecule has 4 aromatic rings. The van der Waals surface area contributed by atoms with E-state index in [1.165, 1.54) is 0 Å². The van der Waals surface area contributed by atoms with E-state index >= 15 is 0 Å². The molecule has 0 spiro atoms. The smallest absolute Gasteiger partial charge is 0.295 e. The lowest BCUT2D eigenvalue weighted by Crippen LogP contribution is -2.29. The predicted octanol–water partition coefficient (Wildman–Crippen LogP) is 4.56. The second kappa shape index (κ2) is 7.32. The van der Waals surface area contributed by atoms with Crippen LogP contribution in [0.2, 0.25) is 0 Å². The molecule has 3 aromatic carbocycles. The second-order valence-corrected chi connectivity index (χ2v) is 7.20. The summed E-state index contributed by atoms with van der Waals surface area (Å²) in [5.74, 6) is 0.780. The second-order valence-electron chi connectivity index (χ2n) is 7.20. The number of ether oxygens (including phenoxy) is 2. The van der Waals surface area contributed by atoms with Crippen molar-refractivity contribution in [3.8, 4) is 11.5 Å². The van der Waals surface area contributed by atoms with Crippen LogP contribution in [0.4, 0.5) is 5.69 Å². The number of benzene rings is 3. The van der Waals surface area contributed by atoms with Crippen molar-refractivity contribution < 1.29 is 18.7 Å². The summed E-state index contributed by atoms with van der Waals surface area (Å²) in [6.07, 6.45) is 0. The van der Waals surface area contributed by atoms with Crippen LogP contribution in [0.5, 0.6) is 11.5 Å². The molecule has 1 aliphatic rings. The highest BCUT2D eigenvalue weighted by atomic mass is 16.5. The fraction of sp³-hybridized carbons (Fsp3) is 0.120. The SMILES string of the molecule is COc1ccc(C2c3c(oc4ccccc4c3=O)C(=O)N2c2ccccc2)cc1OC. The van der Waals surface area contributed by atoms with Gasteiger partial charge in [0.1, 0.15) is 5.58 Å². The third kappa shape index (κ3) is 2.87. The van der Waals surface area contributed by atoms with Gasteiger partial charge in [0, 0.05) is 5.69 Å². The van der Waals surface area contributed by atoms with Gasteiger partial charge in [-0.1, -0.05) is 36.4 Å². The Kier molecular flexibility index (Phi) is 4.47. The van der Waals surface area contributed by atoms with Crippen LogP contribution < -0.4 is 19.8 Å². The Labute approximate surface area is 178 Å². The van der Waals surface area contributed by atoms with Crippen molar-refractivity contribution >= 4 is 22.6 Å². The Hall–Kier alpha value is -4.06. The zero-order valence-corrected chi connectivity index (χ0v) is 17.0. The number of hydrogen-bond acceptors (Lipinski definition) is 5. The van der Waals surface area contributed by atoms with Gasteiger partial charge in [0.05, 0.1) is 31.2 Å². The molecule has 2 heterocycles. The van der Waals surface area contributed by atoms with E-state index in [1.807, 2.05) is 36.4 Å². The minimum absolute atomic E-state index is 0.0623. The van der Waals surface area contributed by atoms with Crippen LogP contribution in [-0.2, 0) is 0 Å². The molecule has 5 rings (SSSR count). The lowest BCUT2D eigenvalue weighted by atomic mass is 9.97. The topological polar surface area (TPSA) is 69.0 Å². The summed E-state index contributed by atoms with van der Waals surface area (Å²) in [6.45, 7) is 0. The lowest BCUT2D eigenvalue weighted by molar-refractivity contribution is 0.0971. The van der Waals surface area contributed by atoms with Crippen LogP contribution in [0.15, 0.2) is 82.0 Å². The number of amides is 1. The van der Waals surface area contributed by atoms with Crippen LogP contribution in [0.1, 0.15) is 27.7 Å². The van der Waals surface area contributed by atoms with E-state index in [9.17, 15) is 9.59 Å². The molecule has 31 heavy (non-hydrogen) atoms. The standard InChI is InChI=1S/C25H19NO5/c1-29-19-13-12-15(14-20(19)30-2)22-21-23(27)17-10-6-7-11-18(17)31-24(21)25(28)26(22)16-8-4-3-5-9-16/h3-14,22H,1-2H3. The molecular formula is C25H19NO5. The molecular weight excluding hydrogens is 394 g/mol. The number of methoxy groups -OCH3 is 2.